The first-order valence-corrected chi connectivity index (χ1v) is 8.43. The maximum absolute atomic E-state index is 13.1. The fourth-order valence-corrected chi connectivity index (χ4v) is 3.13. The maximum Gasteiger partial charge on any atom is 0.252 e. The molecule has 2 N–H and O–H groups in total. The van der Waals surface area contributed by atoms with Crippen LogP contribution in [0.5, 0.6) is 0 Å². The molecule has 136 valence electrons. The molecule has 0 radical (unpaired) electrons. The number of amides is 1. The third kappa shape index (κ3) is 4.39. The normalized spacial score (nSPS) is 16.0. The van der Waals surface area contributed by atoms with Crippen molar-refractivity contribution in [1.29, 1.82) is 0 Å². The Morgan fingerprint density at radius 1 is 1.36 bits per heavy atom. The molecule has 1 aliphatic rings. The molecule has 6 nitrogen and oxygen atoms in total. The summed E-state index contributed by atoms with van der Waals surface area (Å²) in [5.41, 5.74) is 1.21. The van der Waals surface area contributed by atoms with E-state index in [2.05, 4.69) is 15.7 Å². The SMILES string of the molecule is CCOCc1cccc(NC(=O)C2(n3cccn3)CCNCC2)c1.Cl. The predicted molar refractivity (Wildman–Crippen MR) is 100.0 cm³/mol. The average molecular weight is 365 g/mol. The number of ether oxygens (including phenoxy) is 1. The minimum absolute atomic E-state index is 0. The average Bonchev–Trinajstić information content (AvgIpc) is 3.16. The standard InChI is InChI=1S/C18H24N4O2.ClH/c1-2-24-14-15-5-3-6-16(13-15)21-17(23)18(7-10-19-11-8-18)22-12-4-9-20-22;/h3-6,9,12-13,19H,2,7-8,10-11,14H2,1H3,(H,21,23);1H. The van der Waals surface area contributed by atoms with Gasteiger partial charge in [0.25, 0.3) is 5.91 Å². The van der Waals surface area contributed by atoms with Crippen LogP contribution in [0.4, 0.5) is 5.69 Å². The first-order valence-electron chi connectivity index (χ1n) is 8.43. The van der Waals surface area contributed by atoms with Gasteiger partial charge in [-0.1, -0.05) is 12.1 Å². The molecule has 25 heavy (non-hydrogen) atoms. The number of nitrogens with one attached hydrogen (secondary N) is 2. The number of rotatable bonds is 6. The Kier molecular flexibility index (Phi) is 6.99. The molecule has 0 unspecified atom stereocenters. The van der Waals surface area contributed by atoms with E-state index in [-0.39, 0.29) is 18.3 Å². The van der Waals surface area contributed by atoms with Crippen LogP contribution in [0.25, 0.3) is 0 Å². The molecule has 0 saturated carbocycles. The van der Waals surface area contributed by atoms with Crippen molar-refractivity contribution in [2.45, 2.75) is 31.9 Å². The Balaban J connectivity index is 0.00000225. The number of hydrogen-bond donors (Lipinski definition) is 2. The van der Waals surface area contributed by atoms with Crippen LogP contribution >= 0.6 is 12.4 Å². The molecular weight excluding hydrogens is 340 g/mol. The summed E-state index contributed by atoms with van der Waals surface area (Å²) in [7, 11) is 0. The third-order valence-corrected chi connectivity index (χ3v) is 4.45. The van der Waals surface area contributed by atoms with Crippen molar-refractivity contribution < 1.29 is 9.53 Å². The lowest BCUT2D eigenvalue weighted by Gasteiger charge is -2.36. The first-order chi connectivity index (χ1) is 11.7. The predicted octanol–water partition coefficient (Wildman–Crippen LogP) is 2.56. The summed E-state index contributed by atoms with van der Waals surface area (Å²) in [5.74, 6) is -0.0127. The topological polar surface area (TPSA) is 68.2 Å². The second-order valence-electron chi connectivity index (χ2n) is 6.02. The summed E-state index contributed by atoms with van der Waals surface area (Å²) in [4.78, 5) is 13.1. The van der Waals surface area contributed by atoms with Gasteiger partial charge in [-0.05, 0) is 56.6 Å². The Morgan fingerprint density at radius 3 is 2.84 bits per heavy atom. The van der Waals surface area contributed by atoms with Crippen LogP contribution in [0, 0.1) is 0 Å². The van der Waals surface area contributed by atoms with Gasteiger partial charge in [0.2, 0.25) is 0 Å². The highest BCUT2D eigenvalue weighted by Crippen LogP contribution is 2.28. The van der Waals surface area contributed by atoms with Crippen LogP contribution in [0.1, 0.15) is 25.3 Å². The van der Waals surface area contributed by atoms with Crippen molar-refractivity contribution in [3.63, 3.8) is 0 Å². The Hall–Kier alpha value is -1.89. The van der Waals surface area contributed by atoms with E-state index in [0.717, 1.165) is 37.2 Å². The first kappa shape index (κ1) is 19.4. The van der Waals surface area contributed by atoms with Crippen molar-refractivity contribution >= 4 is 24.0 Å². The molecule has 1 aliphatic heterocycles. The zero-order valence-corrected chi connectivity index (χ0v) is 15.2. The highest BCUT2D eigenvalue weighted by molar-refractivity contribution is 5.96. The number of carbonyl (C=O) groups is 1. The highest BCUT2D eigenvalue weighted by Gasteiger charge is 2.42. The second-order valence-corrected chi connectivity index (χ2v) is 6.02. The van der Waals surface area contributed by atoms with Gasteiger partial charge in [-0.2, -0.15) is 5.10 Å². The number of benzene rings is 1. The smallest absolute Gasteiger partial charge is 0.252 e. The van der Waals surface area contributed by atoms with Crippen LogP contribution < -0.4 is 10.6 Å². The van der Waals surface area contributed by atoms with E-state index in [1.165, 1.54) is 0 Å². The summed E-state index contributed by atoms with van der Waals surface area (Å²) in [5, 5.41) is 10.7. The van der Waals surface area contributed by atoms with Gasteiger partial charge in [-0.25, -0.2) is 0 Å². The summed E-state index contributed by atoms with van der Waals surface area (Å²) in [6.07, 6.45) is 5.04. The summed E-state index contributed by atoms with van der Waals surface area (Å²) < 4.78 is 7.24. The zero-order valence-electron chi connectivity index (χ0n) is 14.4. The molecule has 2 aromatic rings. The molecule has 1 aromatic carbocycles. The van der Waals surface area contributed by atoms with Gasteiger partial charge in [0.05, 0.1) is 6.61 Å². The Labute approximate surface area is 154 Å². The van der Waals surface area contributed by atoms with Gasteiger partial charge >= 0.3 is 0 Å². The van der Waals surface area contributed by atoms with E-state index in [4.69, 9.17) is 4.74 Å². The number of anilines is 1. The van der Waals surface area contributed by atoms with Crippen molar-refractivity contribution in [2.24, 2.45) is 0 Å². The lowest BCUT2D eigenvalue weighted by molar-refractivity contribution is -0.126. The van der Waals surface area contributed by atoms with Gasteiger partial charge in [0.15, 0.2) is 0 Å². The number of halogens is 1. The number of piperidine rings is 1. The summed E-state index contributed by atoms with van der Waals surface area (Å²) in [6.45, 7) is 4.80. The van der Waals surface area contributed by atoms with Gasteiger partial charge in [-0.3, -0.25) is 9.48 Å². The molecule has 0 spiro atoms. The fourth-order valence-electron chi connectivity index (χ4n) is 3.13. The second kappa shape index (κ2) is 8.99. The van der Waals surface area contributed by atoms with Crippen molar-refractivity contribution in [2.75, 3.05) is 25.0 Å². The van der Waals surface area contributed by atoms with E-state index in [1.54, 1.807) is 10.9 Å². The van der Waals surface area contributed by atoms with E-state index in [1.807, 2.05) is 43.5 Å². The van der Waals surface area contributed by atoms with Crippen LogP contribution in [0.15, 0.2) is 42.7 Å². The van der Waals surface area contributed by atoms with Crippen molar-refractivity contribution in [3.05, 3.63) is 48.3 Å². The molecular formula is C18H25ClN4O2. The number of hydrogen-bond acceptors (Lipinski definition) is 4. The van der Waals surface area contributed by atoms with Crippen LogP contribution in [0.2, 0.25) is 0 Å². The van der Waals surface area contributed by atoms with Gasteiger partial charge in [-0.15, -0.1) is 12.4 Å². The fraction of sp³-hybridized carbons (Fsp3) is 0.444. The van der Waals surface area contributed by atoms with E-state index in [9.17, 15) is 4.79 Å². The molecule has 0 aliphatic carbocycles. The van der Waals surface area contributed by atoms with Crippen LogP contribution in [0.3, 0.4) is 0 Å². The largest absolute Gasteiger partial charge is 0.377 e. The molecule has 1 fully saturated rings. The van der Waals surface area contributed by atoms with E-state index >= 15 is 0 Å². The minimum atomic E-state index is -0.634. The molecule has 7 heteroatoms. The number of nitrogens with zero attached hydrogens (tertiary/aromatic N) is 2. The highest BCUT2D eigenvalue weighted by atomic mass is 35.5. The van der Waals surface area contributed by atoms with Crippen molar-refractivity contribution in [1.82, 2.24) is 15.1 Å². The summed E-state index contributed by atoms with van der Waals surface area (Å²) in [6, 6.07) is 9.67. The molecule has 0 bridgehead atoms. The minimum Gasteiger partial charge on any atom is -0.377 e. The third-order valence-electron chi connectivity index (χ3n) is 4.45. The lowest BCUT2D eigenvalue weighted by Crippen LogP contribution is -2.52. The van der Waals surface area contributed by atoms with E-state index in [0.29, 0.717) is 13.2 Å². The van der Waals surface area contributed by atoms with Gasteiger partial charge < -0.3 is 15.4 Å². The summed E-state index contributed by atoms with van der Waals surface area (Å²) >= 11 is 0. The van der Waals surface area contributed by atoms with Gasteiger partial charge in [0.1, 0.15) is 5.54 Å². The molecule has 1 amide bonds. The Bertz CT molecular complexity index is 669. The zero-order chi connectivity index (χ0) is 16.8. The van der Waals surface area contributed by atoms with Crippen LogP contribution in [-0.2, 0) is 21.7 Å². The Morgan fingerprint density at radius 2 is 2.16 bits per heavy atom. The quantitative estimate of drug-likeness (QED) is 0.826. The maximum atomic E-state index is 13.1. The number of carbonyl (C=O) groups excluding carboxylic acids is 1. The molecule has 1 saturated heterocycles. The molecule has 3 rings (SSSR count). The monoisotopic (exact) mass is 364 g/mol. The van der Waals surface area contributed by atoms with E-state index < -0.39 is 5.54 Å². The van der Waals surface area contributed by atoms with Crippen molar-refractivity contribution in [3.8, 4) is 0 Å². The number of aromatic nitrogens is 2. The molecule has 1 aromatic heterocycles. The van der Waals surface area contributed by atoms with Gasteiger partial charge in [0, 0.05) is 24.7 Å². The molecule has 2 heterocycles. The lowest BCUT2D eigenvalue weighted by atomic mass is 9.87. The van der Waals surface area contributed by atoms with Crippen LogP contribution in [-0.4, -0.2) is 35.4 Å². The molecule has 0 atom stereocenters.